The van der Waals surface area contributed by atoms with Crippen molar-refractivity contribution in [1.29, 1.82) is 0 Å². The van der Waals surface area contributed by atoms with Crippen LogP contribution < -0.4 is 5.73 Å². The van der Waals surface area contributed by atoms with E-state index in [1.54, 1.807) is 0 Å². The Bertz CT molecular complexity index is 336. The number of aromatic hydroxyl groups is 1. The van der Waals surface area contributed by atoms with Crippen molar-refractivity contribution >= 4 is 11.5 Å². The molecule has 0 unspecified atom stereocenters. The van der Waals surface area contributed by atoms with Crippen LogP contribution in [0.4, 0.5) is 10.1 Å². The number of carbonyl (C=O) groups is 1. The first-order valence-corrected chi connectivity index (χ1v) is 3.32. The van der Waals surface area contributed by atoms with E-state index in [0.29, 0.717) is 0 Å². The molecule has 1 aromatic rings. The summed E-state index contributed by atoms with van der Waals surface area (Å²) >= 11 is 0. The van der Waals surface area contributed by atoms with Gasteiger partial charge in [0.2, 0.25) is 0 Å². The van der Waals surface area contributed by atoms with Crippen LogP contribution in [-0.2, 0) is 0 Å². The molecule has 0 heterocycles. The van der Waals surface area contributed by atoms with Gasteiger partial charge < -0.3 is 10.8 Å². The van der Waals surface area contributed by atoms with Gasteiger partial charge in [-0.3, -0.25) is 4.79 Å². The molecule has 0 amide bonds. The maximum absolute atomic E-state index is 13.0. The van der Waals surface area contributed by atoms with Gasteiger partial charge in [-0.2, -0.15) is 0 Å². The lowest BCUT2D eigenvalue weighted by molar-refractivity contribution is 0.101. The number of hydrogen-bond acceptors (Lipinski definition) is 3. The van der Waals surface area contributed by atoms with Crippen molar-refractivity contribution in [3.63, 3.8) is 0 Å². The molecule has 0 aliphatic carbocycles. The van der Waals surface area contributed by atoms with Gasteiger partial charge >= 0.3 is 0 Å². The molecule has 1 aromatic carbocycles. The van der Waals surface area contributed by atoms with Crippen LogP contribution in [-0.4, -0.2) is 10.9 Å². The molecule has 0 aliphatic heterocycles. The normalized spacial score (nSPS) is 9.83. The lowest BCUT2D eigenvalue weighted by atomic mass is 10.1. The highest BCUT2D eigenvalue weighted by Crippen LogP contribution is 2.25. The summed E-state index contributed by atoms with van der Waals surface area (Å²) in [7, 11) is 0. The number of rotatable bonds is 1. The van der Waals surface area contributed by atoms with Gasteiger partial charge in [0.1, 0.15) is 11.4 Å². The van der Waals surface area contributed by atoms with Crippen LogP contribution >= 0.6 is 0 Å². The van der Waals surface area contributed by atoms with Gasteiger partial charge in [-0.1, -0.05) is 0 Å². The average Bonchev–Trinajstić information content (AvgIpc) is 2.00. The number of phenols is 1. The van der Waals surface area contributed by atoms with Crippen LogP contribution in [0.25, 0.3) is 0 Å². The summed E-state index contributed by atoms with van der Waals surface area (Å²) in [6, 6.07) is 2.39. The third-order valence-electron chi connectivity index (χ3n) is 1.54. The Hall–Kier alpha value is -1.58. The molecule has 0 bridgehead atoms. The summed E-state index contributed by atoms with van der Waals surface area (Å²) in [6.07, 6.45) is 0. The minimum absolute atomic E-state index is 0.106. The van der Waals surface area contributed by atoms with E-state index in [0.717, 1.165) is 0 Å². The zero-order chi connectivity index (χ0) is 9.30. The molecule has 64 valence electrons. The summed E-state index contributed by atoms with van der Waals surface area (Å²) < 4.78 is 13.0. The molecule has 0 saturated carbocycles. The summed E-state index contributed by atoms with van der Waals surface area (Å²) in [5, 5.41) is 8.93. The Balaban J connectivity index is 3.36. The molecule has 3 nitrogen and oxygen atoms in total. The lowest BCUT2D eigenvalue weighted by Crippen LogP contribution is -2.01. The first-order valence-electron chi connectivity index (χ1n) is 3.32. The fourth-order valence-corrected chi connectivity index (χ4v) is 0.855. The second-order valence-electron chi connectivity index (χ2n) is 2.42. The molecule has 0 aliphatic rings. The first-order chi connectivity index (χ1) is 5.54. The number of phenolic OH excluding ortho intramolecular Hbond substituents is 1. The van der Waals surface area contributed by atoms with Gasteiger partial charge in [0.15, 0.2) is 11.6 Å². The number of benzene rings is 1. The van der Waals surface area contributed by atoms with Gasteiger partial charge in [-0.05, 0) is 19.1 Å². The highest BCUT2D eigenvalue weighted by molar-refractivity contribution is 5.95. The van der Waals surface area contributed by atoms with Crippen molar-refractivity contribution < 1.29 is 14.3 Å². The molecular weight excluding hydrogens is 161 g/mol. The molecule has 12 heavy (non-hydrogen) atoms. The second-order valence-corrected chi connectivity index (χ2v) is 2.42. The molecule has 0 atom stereocenters. The fourth-order valence-electron chi connectivity index (χ4n) is 0.855. The first kappa shape index (κ1) is 8.52. The zero-order valence-electron chi connectivity index (χ0n) is 6.47. The molecule has 0 aromatic heterocycles. The van der Waals surface area contributed by atoms with Crippen LogP contribution in [0.3, 0.4) is 0 Å². The van der Waals surface area contributed by atoms with Gasteiger partial charge in [0.05, 0.1) is 5.56 Å². The molecule has 1 rings (SSSR count). The summed E-state index contributed by atoms with van der Waals surface area (Å²) in [5.41, 5.74) is 4.65. The van der Waals surface area contributed by atoms with Crippen LogP contribution in [0.15, 0.2) is 12.1 Å². The molecule has 0 spiro atoms. The molecular formula is C8H8FNO2. The van der Waals surface area contributed by atoms with Crippen molar-refractivity contribution in [2.24, 2.45) is 0 Å². The Morgan fingerprint density at radius 2 is 2.17 bits per heavy atom. The van der Waals surface area contributed by atoms with E-state index in [1.165, 1.54) is 19.1 Å². The predicted octanol–water partition coefficient (Wildman–Crippen LogP) is 1.32. The minimum atomic E-state index is -0.859. The number of nitrogen functional groups attached to an aromatic ring is 1. The second kappa shape index (κ2) is 2.81. The van der Waals surface area contributed by atoms with Gasteiger partial charge in [0, 0.05) is 0 Å². The predicted molar refractivity (Wildman–Crippen MR) is 42.5 cm³/mol. The quantitative estimate of drug-likeness (QED) is 0.378. The molecule has 0 radical (unpaired) electrons. The molecule has 3 N–H and O–H groups in total. The SMILES string of the molecule is CC(=O)c1ccc(O)c(N)c1F. The number of anilines is 1. The van der Waals surface area contributed by atoms with Gasteiger partial charge in [0.25, 0.3) is 0 Å². The lowest BCUT2D eigenvalue weighted by Gasteiger charge is -2.03. The number of carbonyl (C=O) groups excluding carboxylic acids is 1. The standard InChI is InChI=1S/C8H8FNO2/c1-4(11)5-2-3-6(12)8(10)7(5)9/h2-3,12H,10H2,1H3. The zero-order valence-corrected chi connectivity index (χ0v) is 6.47. The number of halogens is 1. The number of ketones is 1. The van der Waals surface area contributed by atoms with Crippen molar-refractivity contribution in [2.75, 3.05) is 5.73 Å². The van der Waals surface area contributed by atoms with E-state index in [4.69, 9.17) is 10.8 Å². The van der Waals surface area contributed by atoms with E-state index in [-0.39, 0.29) is 17.0 Å². The van der Waals surface area contributed by atoms with Crippen molar-refractivity contribution in [3.05, 3.63) is 23.5 Å². The summed E-state index contributed by atoms with van der Waals surface area (Å²) in [5.74, 6) is -1.63. The topological polar surface area (TPSA) is 63.3 Å². The molecule has 0 fully saturated rings. The van der Waals surface area contributed by atoms with Crippen molar-refractivity contribution in [1.82, 2.24) is 0 Å². The summed E-state index contributed by atoms with van der Waals surface area (Å²) in [4.78, 5) is 10.8. The third-order valence-corrected chi connectivity index (χ3v) is 1.54. The highest BCUT2D eigenvalue weighted by atomic mass is 19.1. The Labute approximate surface area is 68.6 Å². The van der Waals surface area contributed by atoms with E-state index in [1.807, 2.05) is 0 Å². The number of hydrogen-bond donors (Lipinski definition) is 2. The Morgan fingerprint density at radius 3 is 2.67 bits per heavy atom. The fraction of sp³-hybridized carbons (Fsp3) is 0.125. The Kier molecular flexibility index (Phi) is 1.99. The van der Waals surface area contributed by atoms with Crippen LogP contribution in [0.1, 0.15) is 17.3 Å². The van der Waals surface area contributed by atoms with E-state index in [9.17, 15) is 9.18 Å². The van der Waals surface area contributed by atoms with E-state index < -0.39 is 11.6 Å². The molecule has 0 saturated heterocycles. The van der Waals surface area contributed by atoms with Crippen molar-refractivity contribution in [2.45, 2.75) is 6.92 Å². The smallest absolute Gasteiger partial charge is 0.162 e. The van der Waals surface area contributed by atoms with Crippen LogP contribution in [0, 0.1) is 5.82 Å². The highest BCUT2D eigenvalue weighted by Gasteiger charge is 2.12. The van der Waals surface area contributed by atoms with Gasteiger partial charge in [-0.15, -0.1) is 0 Å². The van der Waals surface area contributed by atoms with Crippen LogP contribution in [0.5, 0.6) is 5.75 Å². The molecule has 4 heteroatoms. The third kappa shape index (κ3) is 1.23. The van der Waals surface area contributed by atoms with E-state index >= 15 is 0 Å². The maximum atomic E-state index is 13.0. The summed E-state index contributed by atoms with van der Waals surface area (Å²) in [6.45, 7) is 1.23. The van der Waals surface area contributed by atoms with Crippen molar-refractivity contribution in [3.8, 4) is 5.75 Å². The van der Waals surface area contributed by atoms with E-state index in [2.05, 4.69) is 0 Å². The minimum Gasteiger partial charge on any atom is -0.506 e. The van der Waals surface area contributed by atoms with Gasteiger partial charge in [-0.25, -0.2) is 4.39 Å². The number of nitrogens with two attached hydrogens (primary N) is 1. The largest absolute Gasteiger partial charge is 0.506 e. The van der Waals surface area contributed by atoms with Crippen LogP contribution in [0.2, 0.25) is 0 Å². The number of Topliss-reactive ketones (excluding diaryl/α,β-unsaturated/α-hetero) is 1. The Morgan fingerprint density at radius 1 is 1.58 bits per heavy atom. The monoisotopic (exact) mass is 169 g/mol. The maximum Gasteiger partial charge on any atom is 0.162 e. The average molecular weight is 169 g/mol.